The Kier molecular flexibility index (Phi) is 2.94. The van der Waals surface area contributed by atoms with Crippen molar-refractivity contribution in [1.82, 2.24) is 5.16 Å². The maximum atomic E-state index is 11.2. The van der Waals surface area contributed by atoms with E-state index >= 15 is 0 Å². The first kappa shape index (κ1) is 12.5. The van der Waals surface area contributed by atoms with Gasteiger partial charge < -0.3 is 4.52 Å². The molecule has 6 heteroatoms. The Labute approximate surface area is 111 Å². The zero-order valence-electron chi connectivity index (χ0n) is 10.1. The molecule has 0 aromatic carbocycles. The molecular weight excluding hydrogens is 274 g/mol. The Morgan fingerprint density at radius 2 is 1.94 bits per heavy atom. The van der Waals surface area contributed by atoms with Crippen molar-refractivity contribution in [3.05, 3.63) is 17.0 Å². The summed E-state index contributed by atoms with van der Waals surface area (Å²) in [5.74, 6) is 0.723. The first-order valence-corrected chi connectivity index (χ1v) is 8.88. The quantitative estimate of drug-likeness (QED) is 0.786. The fourth-order valence-corrected chi connectivity index (χ4v) is 4.34. The van der Waals surface area contributed by atoms with Crippen LogP contribution in [-0.4, -0.2) is 13.6 Å². The summed E-state index contributed by atoms with van der Waals surface area (Å²) in [6.45, 7) is 0. The molecule has 0 radical (unpaired) electrons. The van der Waals surface area contributed by atoms with E-state index in [1.165, 1.54) is 19.3 Å². The molecule has 0 saturated heterocycles. The predicted octanol–water partition coefficient (Wildman–Crippen LogP) is 2.89. The fourth-order valence-electron chi connectivity index (χ4n) is 3.48. The standard InChI is InChI=1S/C12H16ClNO3S/c13-18(15,16)8-10-9-4-7-12(11(9)17-14-10)5-2-1-3-6-12/h1-8H2. The average molecular weight is 290 g/mol. The monoisotopic (exact) mass is 289 g/mol. The Morgan fingerprint density at radius 1 is 1.22 bits per heavy atom. The summed E-state index contributed by atoms with van der Waals surface area (Å²) in [5.41, 5.74) is 1.65. The van der Waals surface area contributed by atoms with Crippen molar-refractivity contribution in [1.29, 1.82) is 0 Å². The van der Waals surface area contributed by atoms with Crippen molar-refractivity contribution in [3.8, 4) is 0 Å². The number of hydrogen-bond donors (Lipinski definition) is 0. The molecular formula is C12H16ClNO3S. The highest BCUT2D eigenvalue weighted by Crippen LogP contribution is 2.49. The van der Waals surface area contributed by atoms with Crippen LogP contribution in [0.4, 0.5) is 0 Å². The molecule has 1 fully saturated rings. The minimum Gasteiger partial charge on any atom is -0.360 e. The second-order valence-corrected chi connectivity index (χ2v) is 8.24. The Bertz CT molecular complexity index is 558. The van der Waals surface area contributed by atoms with E-state index in [2.05, 4.69) is 5.16 Å². The van der Waals surface area contributed by atoms with Crippen molar-refractivity contribution >= 4 is 19.7 Å². The fraction of sp³-hybridized carbons (Fsp3) is 0.750. The molecule has 1 aromatic heterocycles. The molecule has 0 atom stereocenters. The van der Waals surface area contributed by atoms with Gasteiger partial charge >= 0.3 is 0 Å². The maximum absolute atomic E-state index is 11.2. The molecule has 0 bridgehead atoms. The first-order valence-electron chi connectivity index (χ1n) is 6.40. The number of aromatic nitrogens is 1. The molecule has 3 rings (SSSR count). The van der Waals surface area contributed by atoms with Crippen molar-refractivity contribution in [3.63, 3.8) is 0 Å². The molecule has 1 aromatic rings. The van der Waals surface area contributed by atoms with E-state index in [1.807, 2.05) is 0 Å². The molecule has 18 heavy (non-hydrogen) atoms. The highest BCUT2D eigenvalue weighted by Gasteiger charge is 2.44. The van der Waals surface area contributed by atoms with Crippen LogP contribution in [0, 0.1) is 0 Å². The first-order chi connectivity index (χ1) is 8.50. The van der Waals surface area contributed by atoms with Crippen LogP contribution in [0.25, 0.3) is 0 Å². The van der Waals surface area contributed by atoms with Crippen LogP contribution in [0.15, 0.2) is 4.52 Å². The SMILES string of the molecule is O=S(=O)(Cl)Cc1noc2c1CCC21CCCCC1. The number of hydrogen-bond acceptors (Lipinski definition) is 4. The topological polar surface area (TPSA) is 60.2 Å². The third kappa shape index (κ3) is 2.07. The minimum atomic E-state index is -3.56. The van der Waals surface area contributed by atoms with Crippen molar-refractivity contribution in [2.45, 2.75) is 56.1 Å². The molecule has 0 N–H and O–H groups in total. The Balaban J connectivity index is 1.94. The highest BCUT2D eigenvalue weighted by molar-refractivity contribution is 8.13. The molecule has 100 valence electrons. The van der Waals surface area contributed by atoms with E-state index in [9.17, 15) is 8.42 Å². The molecule has 1 saturated carbocycles. The van der Waals surface area contributed by atoms with Gasteiger partial charge in [0.25, 0.3) is 0 Å². The number of rotatable bonds is 2. The van der Waals surface area contributed by atoms with Crippen LogP contribution in [0.2, 0.25) is 0 Å². The van der Waals surface area contributed by atoms with E-state index < -0.39 is 9.05 Å². The van der Waals surface area contributed by atoms with Gasteiger partial charge in [-0.1, -0.05) is 24.4 Å². The second-order valence-electron chi connectivity index (χ2n) is 5.46. The van der Waals surface area contributed by atoms with Crippen molar-refractivity contribution in [2.24, 2.45) is 0 Å². The zero-order chi connectivity index (χ0) is 12.8. The van der Waals surface area contributed by atoms with Gasteiger partial charge in [0.1, 0.15) is 17.2 Å². The summed E-state index contributed by atoms with van der Waals surface area (Å²) in [4.78, 5) is 0. The number of fused-ring (bicyclic) bond motifs is 2. The lowest BCUT2D eigenvalue weighted by molar-refractivity contribution is 0.223. The van der Waals surface area contributed by atoms with Gasteiger partial charge in [-0.05, 0) is 25.7 Å². The van der Waals surface area contributed by atoms with Gasteiger partial charge in [-0.15, -0.1) is 0 Å². The van der Waals surface area contributed by atoms with Crippen LogP contribution < -0.4 is 0 Å². The van der Waals surface area contributed by atoms with Crippen LogP contribution in [0.1, 0.15) is 55.5 Å². The summed E-state index contributed by atoms with van der Waals surface area (Å²) in [6.07, 6.45) is 7.96. The van der Waals surface area contributed by atoms with E-state index in [0.29, 0.717) is 5.69 Å². The summed E-state index contributed by atoms with van der Waals surface area (Å²) in [6, 6.07) is 0. The summed E-state index contributed by atoms with van der Waals surface area (Å²) in [5, 5.41) is 3.93. The second kappa shape index (κ2) is 4.23. The van der Waals surface area contributed by atoms with Gasteiger partial charge in [0, 0.05) is 21.7 Å². The normalized spacial score (nSPS) is 22.3. The minimum absolute atomic E-state index is 0.134. The van der Waals surface area contributed by atoms with Crippen molar-refractivity contribution in [2.75, 3.05) is 0 Å². The molecule has 0 unspecified atom stereocenters. The molecule has 0 aliphatic heterocycles. The Morgan fingerprint density at radius 3 is 2.61 bits per heavy atom. The van der Waals surface area contributed by atoms with Gasteiger partial charge in [0.2, 0.25) is 9.05 Å². The van der Waals surface area contributed by atoms with E-state index in [4.69, 9.17) is 15.2 Å². The number of halogens is 1. The van der Waals surface area contributed by atoms with Crippen molar-refractivity contribution < 1.29 is 12.9 Å². The van der Waals surface area contributed by atoms with Gasteiger partial charge in [-0.25, -0.2) is 8.42 Å². The molecule has 2 aliphatic rings. The largest absolute Gasteiger partial charge is 0.360 e. The Hall–Kier alpha value is -0.550. The molecule has 2 aliphatic carbocycles. The van der Waals surface area contributed by atoms with E-state index in [1.54, 1.807) is 0 Å². The highest BCUT2D eigenvalue weighted by atomic mass is 35.7. The molecule has 0 amide bonds. The van der Waals surface area contributed by atoms with Crippen LogP contribution in [0.5, 0.6) is 0 Å². The smallest absolute Gasteiger partial charge is 0.238 e. The zero-order valence-corrected chi connectivity index (χ0v) is 11.7. The summed E-state index contributed by atoms with van der Waals surface area (Å²) in [7, 11) is 1.73. The van der Waals surface area contributed by atoms with Gasteiger partial charge in [0.05, 0.1) is 0 Å². The lowest BCUT2D eigenvalue weighted by Crippen LogP contribution is -2.25. The predicted molar refractivity (Wildman–Crippen MR) is 68.1 cm³/mol. The van der Waals surface area contributed by atoms with Gasteiger partial charge in [-0.3, -0.25) is 0 Å². The molecule has 1 spiro atoms. The van der Waals surface area contributed by atoms with Gasteiger partial charge in [0.15, 0.2) is 0 Å². The third-order valence-electron chi connectivity index (χ3n) is 4.32. The van der Waals surface area contributed by atoms with E-state index in [0.717, 1.165) is 37.0 Å². The van der Waals surface area contributed by atoms with Crippen LogP contribution >= 0.6 is 10.7 Å². The van der Waals surface area contributed by atoms with Crippen LogP contribution in [0.3, 0.4) is 0 Å². The van der Waals surface area contributed by atoms with Gasteiger partial charge in [-0.2, -0.15) is 0 Å². The summed E-state index contributed by atoms with van der Waals surface area (Å²) >= 11 is 0. The number of nitrogens with zero attached hydrogens (tertiary/aromatic N) is 1. The lowest BCUT2D eigenvalue weighted by Gasteiger charge is -2.31. The molecule has 4 nitrogen and oxygen atoms in total. The van der Waals surface area contributed by atoms with Crippen LogP contribution in [-0.2, 0) is 26.6 Å². The lowest BCUT2D eigenvalue weighted by atomic mass is 9.73. The summed E-state index contributed by atoms with van der Waals surface area (Å²) < 4.78 is 27.8. The average Bonchev–Trinajstić information content (AvgIpc) is 2.83. The molecule has 1 heterocycles. The maximum Gasteiger partial charge on any atom is 0.238 e. The third-order valence-corrected chi connectivity index (χ3v) is 5.27. The van der Waals surface area contributed by atoms with E-state index in [-0.39, 0.29) is 11.2 Å².